The second-order valence-electron chi connectivity index (χ2n) is 16.5. The lowest BCUT2D eigenvalue weighted by Gasteiger charge is -2.29. The lowest BCUT2D eigenvalue weighted by Crippen LogP contribution is -2.13. The summed E-state index contributed by atoms with van der Waals surface area (Å²) in [5.74, 6) is 1.25. The maximum absolute atomic E-state index is 11.1. The van der Waals surface area contributed by atoms with Crippen LogP contribution in [0.1, 0.15) is 125 Å². The van der Waals surface area contributed by atoms with Gasteiger partial charge in [-0.3, -0.25) is 0 Å². The third kappa shape index (κ3) is 15.0. The summed E-state index contributed by atoms with van der Waals surface area (Å²) in [5, 5.41) is 17.6. The highest BCUT2D eigenvalue weighted by molar-refractivity contribution is 5.81. The van der Waals surface area contributed by atoms with Gasteiger partial charge in [-0.2, -0.15) is 20.5 Å². The number of aryl methyl sites for hydroxylation is 3. The predicted octanol–water partition coefficient (Wildman–Crippen LogP) is 16.4. The number of carbonyl (C=O) groups excluding carboxylic acids is 1. The van der Waals surface area contributed by atoms with Crippen molar-refractivity contribution in [2.24, 2.45) is 26.4 Å². The highest BCUT2D eigenvalue weighted by Crippen LogP contribution is 2.38. The van der Waals surface area contributed by atoms with Gasteiger partial charge in [0.05, 0.1) is 29.4 Å². The second kappa shape index (κ2) is 24.6. The normalized spacial score (nSPS) is 15.4. The molecule has 6 nitrogen and oxygen atoms in total. The van der Waals surface area contributed by atoms with Crippen LogP contribution in [0, 0.1) is 5.92 Å². The van der Waals surface area contributed by atoms with Gasteiger partial charge >= 0.3 is 5.97 Å². The molecule has 5 aromatic carbocycles. The molecule has 1 aliphatic carbocycles. The Kier molecular flexibility index (Phi) is 18.0. The summed E-state index contributed by atoms with van der Waals surface area (Å²) >= 11 is 0. The summed E-state index contributed by atoms with van der Waals surface area (Å²) in [6, 6.07) is 43.0. The van der Waals surface area contributed by atoms with Crippen molar-refractivity contribution < 1.29 is 9.53 Å². The largest absolute Gasteiger partial charge is 0.463 e. The fraction of sp³-hybridized carbons (Fsp3) is 0.389. The molecule has 0 aromatic heterocycles. The average Bonchev–Trinajstić information content (AvgIpc) is 3.30. The minimum absolute atomic E-state index is 0.314. The van der Waals surface area contributed by atoms with Crippen molar-refractivity contribution in [3.8, 4) is 11.1 Å². The molecule has 312 valence electrons. The quantitative estimate of drug-likeness (QED) is 0.0285. The lowest BCUT2D eigenvalue weighted by molar-refractivity contribution is -0.137. The number of nitrogens with zero attached hydrogens (tertiary/aromatic N) is 4. The minimum Gasteiger partial charge on any atom is -0.463 e. The maximum Gasteiger partial charge on any atom is 0.330 e. The average molecular weight is 801 g/mol. The number of hydrogen-bond donors (Lipinski definition) is 0. The van der Waals surface area contributed by atoms with E-state index in [-0.39, 0.29) is 5.97 Å². The van der Waals surface area contributed by atoms with Gasteiger partial charge in [-0.1, -0.05) is 131 Å². The van der Waals surface area contributed by atoms with E-state index in [1.165, 1.54) is 110 Å². The number of benzene rings is 5. The topological polar surface area (TPSA) is 75.7 Å². The lowest BCUT2D eigenvalue weighted by atomic mass is 9.77. The smallest absolute Gasteiger partial charge is 0.330 e. The summed E-state index contributed by atoms with van der Waals surface area (Å²) in [7, 11) is 0. The Hall–Kier alpha value is -5.49. The predicted molar refractivity (Wildman–Crippen MR) is 248 cm³/mol. The standard InChI is InChI=1S/C54H64N4O2/c1-3-13-42-21-33-50(34-22-42)55-57-52-37-39-53(40-38-52)58-56-51-35-23-45(24-36-51)16-10-6-5-9-14-43-17-25-46(26-18-43)48-29-31-49(32-30-48)47-27-19-44(20-28-47)15-11-7-8-12-41-60-54(59)4-2/h4,17-18,21-26,29-40,44,47H,2-3,5-16,19-20,27-28,41H2,1H3. The van der Waals surface area contributed by atoms with Gasteiger partial charge in [-0.15, -0.1) is 0 Å². The van der Waals surface area contributed by atoms with E-state index in [1.54, 1.807) is 0 Å². The van der Waals surface area contributed by atoms with E-state index in [4.69, 9.17) is 4.74 Å². The first-order valence-electron chi connectivity index (χ1n) is 22.6. The van der Waals surface area contributed by atoms with Crippen molar-refractivity contribution in [3.63, 3.8) is 0 Å². The SMILES string of the molecule is C=CC(=O)OCCCCCCC1CCC(c2ccc(-c3ccc(CCCCCCc4ccc(N=Nc5ccc(N=Nc6ccc(CCC)cc6)cc5)cc4)cc3)cc2)CC1. The minimum atomic E-state index is -0.314. The molecule has 5 aromatic rings. The second-order valence-corrected chi connectivity index (χ2v) is 16.5. The molecule has 0 saturated heterocycles. The number of rotatable bonds is 23. The molecule has 6 heteroatoms. The van der Waals surface area contributed by atoms with E-state index < -0.39 is 0 Å². The van der Waals surface area contributed by atoms with Crippen LogP contribution in [0.2, 0.25) is 0 Å². The monoisotopic (exact) mass is 801 g/mol. The molecular weight excluding hydrogens is 737 g/mol. The van der Waals surface area contributed by atoms with Gasteiger partial charge in [0.15, 0.2) is 0 Å². The van der Waals surface area contributed by atoms with E-state index in [0.717, 1.165) is 67.2 Å². The van der Waals surface area contributed by atoms with Gasteiger partial charge in [0, 0.05) is 6.08 Å². The van der Waals surface area contributed by atoms with Gasteiger partial charge < -0.3 is 4.74 Å². The maximum atomic E-state index is 11.1. The number of esters is 1. The van der Waals surface area contributed by atoms with E-state index in [9.17, 15) is 4.79 Å². The summed E-state index contributed by atoms with van der Waals surface area (Å²) in [6.45, 7) is 6.14. The van der Waals surface area contributed by atoms with Crippen molar-refractivity contribution in [2.75, 3.05) is 6.61 Å². The number of azo groups is 2. The number of unbranched alkanes of at least 4 members (excludes halogenated alkanes) is 6. The molecule has 0 heterocycles. The van der Waals surface area contributed by atoms with Crippen LogP contribution in [-0.4, -0.2) is 12.6 Å². The highest BCUT2D eigenvalue weighted by atomic mass is 16.5. The molecule has 0 unspecified atom stereocenters. The van der Waals surface area contributed by atoms with Gasteiger partial charge in [0.1, 0.15) is 0 Å². The van der Waals surface area contributed by atoms with Gasteiger partial charge in [0.2, 0.25) is 0 Å². The zero-order valence-electron chi connectivity index (χ0n) is 35.8. The zero-order chi connectivity index (χ0) is 41.6. The van der Waals surface area contributed by atoms with Gasteiger partial charge in [-0.25, -0.2) is 4.79 Å². The van der Waals surface area contributed by atoms with Crippen LogP contribution in [0.25, 0.3) is 11.1 Å². The summed E-state index contributed by atoms with van der Waals surface area (Å²) in [6.07, 6.45) is 21.8. The van der Waals surface area contributed by atoms with Crippen molar-refractivity contribution in [2.45, 2.75) is 122 Å². The van der Waals surface area contributed by atoms with Crippen LogP contribution in [0.15, 0.2) is 154 Å². The van der Waals surface area contributed by atoms with Crippen LogP contribution in [0.5, 0.6) is 0 Å². The number of ether oxygens (including phenoxy) is 1. The Bertz CT molecular complexity index is 2060. The summed E-state index contributed by atoms with van der Waals surface area (Å²) in [5.41, 5.74) is 11.5. The molecule has 6 rings (SSSR count). The number of carbonyl (C=O) groups is 1. The molecule has 0 bridgehead atoms. The summed E-state index contributed by atoms with van der Waals surface area (Å²) < 4.78 is 5.07. The first-order valence-corrected chi connectivity index (χ1v) is 22.6. The molecule has 1 fully saturated rings. The van der Waals surface area contributed by atoms with E-state index in [0.29, 0.717) is 12.5 Å². The molecule has 0 atom stereocenters. The molecular formula is C54H64N4O2. The third-order valence-electron chi connectivity index (χ3n) is 11.9. The molecule has 0 radical (unpaired) electrons. The summed E-state index contributed by atoms with van der Waals surface area (Å²) in [4.78, 5) is 11.1. The zero-order valence-corrected chi connectivity index (χ0v) is 35.8. The Morgan fingerprint density at radius 2 is 0.950 bits per heavy atom. The molecule has 60 heavy (non-hydrogen) atoms. The highest BCUT2D eigenvalue weighted by Gasteiger charge is 2.22. The molecule has 1 saturated carbocycles. The molecule has 0 N–H and O–H groups in total. The molecule has 0 spiro atoms. The van der Waals surface area contributed by atoms with Crippen molar-refractivity contribution in [3.05, 3.63) is 156 Å². The Labute approximate surface area is 359 Å². The molecule has 0 amide bonds. The fourth-order valence-electron chi connectivity index (χ4n) is 8.29. The Morgan fingerprint density at radius 3 is 1.43 bits per heavy atom. The van der Waals surface area contributed by atoms with E-state index >= 15 is 0 Å². The van der Waals surface area contributed by atoms with Crippen LogP contribution >= 0.6 is 0 Å². The van der Waals surface area contributed by atoms with Crippen molar-refractivity contribution >= 4 is 28.7 Å². The number of hydrogen-bond acceptors (Lipinski definition) is 6. The van der Waals surface area contributed by atoms with Gasteiger partial charge in [-0.05, 0) is 158 Å². The first-order chi connectivity index (χ1) is 29.5. The molecule has 1 aliphatic rings. The van der Waals surface area contributed by atoms with E-state index in [1.807, 2.05) is 36.4 Å². The Balaban J connectivity index is 0.818. The third-order valence-corrected chi connectivity index (χ3v) is 11.9. The van der Waals surface area contributed by atoms with E-state index in [2.05, 4.69) is 119 Å². The fourth-order valence-corrected chi connectivity index (χ4v) is 8.29. The molecule has 0 aliphatic heterocycles. The van der Waals surface area contributed by atoms with Crippen LogP contribution in [-0.2, 0) is 28.8 Å². The Morgan fingerprint density at radius 1 is 0.533 bits per heavy atom. The first kappa shape index (κ1) is 44.1. The van der Waals surface area contributed by atoms with Crippen LogP contribution in [0.4, 0.5) is 22.7 Å². The van der Waals surface area contributed by atoms with Crippen LogP contribution < -0.4 is 0 Å². The van der Waals surface area contributed by atoms with Crippen molar-refractivity contribution in [1.82, 2.24) is 0 Å². The van der Waals surface area contributed by atoms with Gasteiger partial charge in [0.25, 0.3) is 0 Å². The van der Waals surface area contributed by atoms with Crippen LogP contribution in [0.3, 0.4) is 0 Å². The van der Waals surface area contributed by atoms with Crippen molar-refractivity contribution in [1.29, 1.82) is 0 Å².